The topological polar surface area (TPSA) is 43.3 Å². The number of anilines is 1. The molecule has 0 fully saturated rings. The van der Waals surface area contributed by atoms with Gasteiger partial charge in [-0.3, -0.25) is 5.01 Å². The van der Waals surface area contributed by atoms with Crippen LogP contribution in [-0.4, -0.2) is 27.5 Å². The van der Waals surface area contributed by atoms with Gasteiger partial charge in [-0.2, -0.15) is 5.10 Å². The minimum absolute atomic E-state index is 0.615. The number of benzene rings is 2. The first-order chi connectivity index (χ1) is 11.2. The number of fused-ring (bicyclic) bond motifs is 1. The number of halogens is 1. The van der Waals surface area contributed by atoms with Gasteiger partial charge in [-0.05, 0) is 40.2 Å². The molecule has 3 rings (SSSR count). The van der Waals surface area contributed by atoms with Crippen LogP contribution in [0.5, 0.6) is 17.2 Å². The first kappa shape index (κ1) is 15.7. The predicted molar refractivity (Wildman–Crippen MR) is 94.0 cm³/mol. The summed E-state index contributed by atoms with van der Waals surface area (Å²) in [5, 5.41) is 6.45. The number of hydrazone groups is 1. The van der Waals surface area contributed by atoms with Gasteiger partial charge in [-0.15, -0.1) is 0 Å². The van der Waals surface area contributed by atoms with Crippen molar-refractivity contribution in [2.24, 2.45) is 5.10 Å². The van der Waals surface area contributed by atoms with Crippen LogP contribution < -0.4 is 19.2 Å². The number of ether oxygens (including phenoxy) is 3. The van der Waals surface area contributed by atoms with Crippen molar-refractivity contribution in [1.82, 2.24) is 0 Å². The Hall–Kier alpha value is -2.21. The Morgan fingerprint density at radius 3 is 2.30 bits per heavy atom. The predicted octanol–water partition coefficient (Wildman–Crippen LogP) is 3.83. The average Bonchev–Trinajstić information content (AvgIpc) is 2.62. The van der Waals surface area contributed by atoms with E-state index in [9.17, 15) is 0 Å². The Kier molecular flexibility index (Phi) is 4.43. The van der Waals surface area contributed by atoms with Gasteiger partial charge in [0.05, 0.1) is 44.2 Å². The second-order valence-electron chi connectivity index (χ2n) is 4.99. The molecule has 0 spiro atoms. The maximum absolute atomic E-state index is 5.52. The fraction of sp³-hybridized carbons (Fsp3) is 0.235. The van der Waals surface area contributed by atoms with Crippen molar-refractivity contribution in [1.29, 1.82) is 0 Å². The van der Waals surface area contributed by atoms with E-state index in [4.69, 9.17) is 14.2 Å². The number of rotatable bonds is 4. The van der Waals surface area contributed by atoms with Crippen molar-refractivity contribution in [3.63, 3.8) is 0 Å². The van der Waals surface area contributed by atoms with E-state index in [1.165, 1.54) is 0 Å². The first-order valence-electron chi connectivity index (χ1n) is 7.07. The van der Waals surface area contributed by atoms with Crippen molar-refractivity contribution in [2.75, 3.05) is 26.3 Å². The largest absolute Gasteiger partial charge is 0.497 e. The molecule has 0 atom stereocenters. The molecule has 1 heterocycles. The highest BCUT2D eigenvalue weighted by molar-refractivity contribution is 9.10. The van der Waals surface area contributed by atoms with Gasteiger partial charge < -0.3 is 14.2 Å². The van der Waals surface area contributed by atoms with Crippen LogP contribution in [0.1, 0.15) is 11.1 Å². The van der Waals surface area contributed by atoms with Gasteiger partial charge in [-0.25, -0.2) is 0 Å². The van der Waals surface area contributed by atoms with E-state index in [1.807, 2.05) is 41.6 Å². The van der Waals surface area contributed by atoms with Crippen LogP contribution in [0.15, 0.2) is 39.9 Å². The number of nitrogens with zero attached hydrogens (tertiary/aromatic N) is 2. The molecule has 0 saturated heterocycles. The minimum Gasteiger partial charge on any atom is -0.497 e. The zero-order valence-electron chi connectivity index (χ0n) is 13.2. The lowest BCUT2D eigenvalue weighted by atomic mass is 10.0. The van der Waals surface area contributed by atoms with Gasteiger partial charge in [0.25, 0.3) is 0 Å². The highest BCUT2D eigenvalue weighted by Gasteiger charge is 2.22. The van der Waals surface area contributed by atoms with Gasteiger partial charge >= 0.3 is 0 Å². The van der Waals surface area contributed by atoms with Crippen molar-refractivity contribution < 1.29 is 14.2 Å². The lowest BCUT2D eigenvalue weighted by molar-refractivity contribution is 0.388. The Bertz CT molecular complexity index is 744. The third-order valence-electron chi connectivity index (χ3n) is 3.78. The van der Waals surface area contributed by atoms with Gasteiger partial charge in [0.15, 0.2) is 0 Å². The molecule has 120 valence electrons. The molecule has 0 radical (unpaired) electrons. The van der Waals surface area contributed by atoms with Gasteiger partial charge in [0, 0.05) is 17.2 Å². The molecule has 2 aromatic rings. The summed E-state index contributed by atoms with van der Waals surface area (Å²) in [6.45, 7) is 0.615. The molecule has 0 unspecified atom stereocenters. The standard InChI is InChI=1S/C17H17BrN2O3/c1-21-12-6-4-11(5-7-12)20-10-14-13(9-19-20)17(18)16(23-3)8-15(14)22-2/h4-9H,10H2,1-3H3. The van der Waals surface area contributed by atoms with E-state index >= 15 is 0 Å². The molecule has 1 aliphatic heterocycles. The van der Waals surface area contributed by atoms with Crippen LogP contribution in [0.3, 0.4) is 0 Å². The highest BCUT2D eigenvalue weighted by Crippen LogP contribution is 2.39. The summed E-state index contributed by atoms with van der Waals surface area (Å²) >= 11 is 3.58. The normalized spacial score (nSPS) is 12.8. The van der Waals surface area contributed by atoms with Crippen molar-refractivity contribution in [3.8, 4) is 17.2 Å². The van der Waals surface area contributed by atoms with Gasteiger partial charge in [-0.1, -0.05) is 0 Å². The van der Waals surface area contributed by atoms with Crippen LogP contribution in [0.4, 0.5) is 5.69 Å². The molecular formula is C17H17BrN2O3. The number of methoxy groups -OCH3 is 3. The molecule has 2 aromatic carbocycles. The Labute approximate surface area is 143 Å². The molecule has 5 nitrogen and oxygen atoms in total. The van der Waals surface area contributed by atoms with Gasteiger partial charge in [0.1, 0.15) is 17.2 Å². The zero-order chi connectivity index (χ0) is 16.4. The van der Waals surface area contributed by atoms with Crippen LogP contribution in [0.2, 0.25) is 0 Å². The van der Waals surface area contributed by atoms with Crippen molar-refractivity contribution in [3.05, 3.63) is 45.9 Å². The Morgan fingerprint density at radius 2 is 1.70 bits per heavy atom. The molecule has 23 heavy (non-hydrogen) atoms. The molecule has 0 saturated carbocycles. The van der Waals surface area contributed by atoms with E-state index in [2.05, 4.69) is 21.0 Å². The summed E-state index contributed by atoms with van der Waals surface area (Å²) in [5.41, 5.74) is 3.03. The fourth-order valence-corrected chi connectivity index (χ4v) is 3.14. The molecule has 0 bridgehead atoms. The summed E-state index contributed by atoms with van der Waals surface area (Å²) in [4.78, 5) is 0. The van der Waals surface area contributed by atoms with E-state index in [1.54, 1.807) is 21.3 Å². The van der Waals surface area contributed by atoms with E-state index in [0.717, 1.165) is 38.5 Å². The SMILES string of the molecule is COc1ccc(N2Cc3c(OC)cc(OC)c(Br)c3C=N2)cc1. The molecular weight excluding hydrogens is 360 g/mol. The molecule has 6 heteroatoms. The van der Waals surface area contributed by atoms with E-state index < -0.39 is 0 Å². The molecule has 0 aromatic heterocycles. The molecule has 0 amide bonds. The summed E-state index contributed by atoms with van der Waals surface area (Å²) in [6, 6.07) is 9.68. The van der Waals surface area contributed by atoms with Crippen molar-refractivity contribution in [2.45, 2.75) is 6.54 Å². The smallest absolute Gasteiger partial charge is 0.137 e. The molecule has 1 aliphatic rings. The second kappa shape index (κ2) is 6.50. The van der Waals surface area contributed by atoms with E-state index in [0.29, 0.717) is 6.54 Å². The van der Waals surface area contributed by atoms with E-state index in [-0.39, 0.29) is 0 Å². The van der Waals surface area contributed by atoms with Crippen LogP contribution in [0.25, 0.3) is 0 Å². The third-order valence-corrected chi connectivity index (χ3v) is 4.60. The zero-order valence-corrected chi connectivity index (χ0v) is 14.8. The molecule has 0 N–H and O–H groups in total. The maximum atomic E-state index is 5.52. The number of hydrogen-bond donors (Lipinski definition) is 0. The van der Waals surface area contributed by atoms with Crippen LogP contribution >= 0.6 is 15.9 Å². The number of hydrogen-bond acceptors (Lipinski definition) is 5. The Morgan fingerprint density at radius 1 is 1.00 bits per heavy atom. The second-order valence-corrected chi connectivity index (χ2v) is 5.78. The maximum Gasteiger partial charge on any atom is 0.137 e. The Balaban J connectivity index is 1.99. The third kappa shape index (κ3) is 2.86. The monoisotopic (exact) mass is 376 g/mol. The van der Waals surface area contributed by atoms with Gasteiger partial charge in [0.2, 0.25) is 0 Å². The average molecular weight is 377 g/mol. The lowest BCUT2D eigenvalue weighted by Gasteiger charge is -2.26. The van der Waals surface area contributed by atoms with Crippen molar-refractivity contribution >= 4 is 27.8 Å². The lowest BCUT2D eigenvalue weighted by Crippen LogP contribution is -2.22. The highest BCUT2D eigenvalue weighted by atomic mass is 79.9. The summed E-state index contributed by atoms with van der Waals surface area (Å²) in [7, 11) is 4.95. The van der Waals surface area contributed by atoms with Crippen LogP contribution in [-0.2, 0) is 6.54 Å². The van der Waals surface area contributed by atoms with Crippen LogP contribution in [0, 0.1) is 0 Å². The summed E-state index contributed by atoms with van der Waals surface area (Å²) < 4.78 is 17.0. The first-order valence-corrected chi connectivity index (χ1v) is 7.86. The summed E-state index contributed by atoms with van der Waals surface area (Å²) in [5.74, 6) is 2.33. The molecule has 0 aliphatic carbocycles. The quantitative estimate of drug-likeness (QED) is 0.813. The fourth-order valence-electron chi connectivity index (χ4n) is 2.53. The summed E-state index contributed by atoms with van der Waals surface area (Å²) in [6.07, 6.45) is 1.82. The minimum atomic E-state index is 0.615.